The first kappa shape index (κ1) is 18.3. The molecular weight excluding hydrogens is 382 g/mol. The van der Waals surface area contributed by atoms with Gasteiger partial charge in [0.25, 0.3) is 22.0 Å². The van der Waals surface area contributed by atoms with Crippen LogP contribution in [-0.4, -0.2) is 48.5 Å². The van der Waals surface area contributed by atoms with E-state index in [1.807, 2.05) is 18.2 Å². The van der Waals surface area contributed by atoms with Crippen molar-refractivity contribution in [3.05, 3.63) is 30.3 Å². The minimum absolute atomic E-state index is 0.0225. The molecule has 2 fully saturated rings. The number of hydrogen-bond acceptors (Lipinski definition) is 6. The number of piperidine rings is 1. The monoisotopic (exact) mass is 400 g/mol. The van der Waals surface area contributed by atoms with E-state index in [4.69, 9.17) is 14.4 Å². The van der Waals surface area contributed by atoms with E-state index in [9.17, 15) is 17.2 Å². The number of nitrogens with two attached hydrogens (primary N) is 1. The van der Waals surface area contributed by atoms with Crippen LogP contribution in [0.3, 0.4) is 0 Å². The molecule has 2 aromatic rings. The third-order valence-electron chi connectivity index (χ3n) is 5.47. The molecule has 27 heavy (non-hydrogen) atoms. The van der Waals surface area contributed by atoms with Gasteiger partial charge in [-0.25, -0.2) is 13.9 Å². The molecule has 1 aromatic carbocycles. The zero-order valence-corrected chi connectivity index (χ0v) is 15.0. The first-order valence-electron chi connectivity index (χ1n) is 8.42. The maximum Gasteiger partial charge on any atom is 0.354 e. The van der Waals surface area contributed by atoms with Crippen LogP contribution in [0.25, 0.3) is 11.5 Å². The van der Waals surface area contributed by atoms with Crippen LogP contribution in [-0.2, 0) is 10.2 Å². The average Bonchev–Trinajstić information content (AvgIpc) is 2.95. The Hall–Kier alpha value is -2.11. The van der Waals surface area contributed by atoms with Crippen molar-refractivity contribution in [2.24, 2.45) is 16.5 Å². The SMILES string of the molecule is NS(=O)(=O)N1CCC2(CC1)C(COc1noc(-c3ccccc3)n1)C2(F)F. The predicted octanol–water partition coefficient (Wildman–Crippen LogP) is 1.67. The molecule has 1 saturated heterocycles. The molecule has 2 N–H and O–H groups in total. The van der Waals surface area contributed by atoms with Gasteiger partial charge in [0, 0.05) is 24.1 Å². The van der Waals surface area contributed by atoms with Gasteiger partial charge < -0.3 is 9.26 Å². The molecule has 1 unspecified atom stereocenters. The maximum absolute atomic E-state index is 14.4. The topological polar surface area (TPSA) is 112 Å². The Balaban J connectivity index is 1.39. The lowest BCUT2D eigenvalue weighted by Gasteiger charge is -2.30. The number of halogens is 2. The Morgan fingerprint density at radius 3 is 2.56 bits per heavy atom. The minimum atomic E-state index is -3.86. The number of benzene rings is 1. The Kier molecular flexibility index (Phi) is 4.20. The molecule has 4 rings (SSSR count). The Morgan fingerprint density at radius 1 is 1.26 bits per heavy atom. The van der Waals surface area contributed by atoms with E-state index in [-0.39, 0.29) is 44.4 Å². The van der Waals surface area contributed by atoms with Crippen LogP contribution < -0.4 is 9.88 Å². The molecule has 1 aliphatic heterocycles. The summed E-state index contributed by atoms with van der Waals surface area (Å²) in [6.07, 6.45) is 0.0674. The molecule has 0 radical (unpaired) electrons. The highest BCUT2D eigenvalue weighted by Crippen LogP contribution is 2.70. The number of rotatable bonds is 5. The number of alkyl halides is 2. The number of ether oxygens (including phenoxy) is 1. The average molecular weight is 400 g/mol. The summed E-state index contributed by atoms with van der Waals surface area (Å²) in [5, 5.41) is 8.73. The van der Waals surface area contributed by atoms with E-state index in [0.29, 0.717) is 5.56 Å². The van der Waals surface area contributed by atoms with Gasteiger partial charge in [0.15, 0.2) is 0 Å². The lowest BCUT2D eigenvalue weighted by Crippen LogP contribution is -2.44. The van der Waals surface area contributed by atoms with Crippen LogP contribution in [0.2, 0.25) is 0 Å². The Labute approximate surface area is 154 Å². The molecular formula is C16H18F2N4O4S. The molecule has 146 valence electrons. The van der Waals surface area contributed by atoms with E-state index < -0.39 is 27.5 Å². The summed E-state index contributed by atoms with van der Waals surface area (Å²) in [7, 11) is -3.86. The van der Waals surface area contributed by atoms with Crippen molar-refractivity contribution in [3.63, 3.8) is 0 Å². The second kappa shape index (κ2) is 6.21. The third kappa shape index (κ3) is 3.09. The summed E-state index contributed by atoms with van der Waals surface area (Å²) in [6.45, 7) is -0.313. The van der Waals surface area contributed by atoms with Crippen molar-refractivity contribution in [1.82, 2.24) is 14.4 Å². The number of aromatic nitrogens is 2. The first-order chi connectivity index (χ1) is 12.7. The quantitative estimate of drug-likeness (QED) is 0.817. The molecule has 2 aliphatic rings. The molecule has 0 amide bonds. The molecule has 8 nitrogen and oxygen atoms in total. The van der Waals surface area contributed by atoms with Gasteiger partial charge in [0.1, 0.15) is 6.61 Å². The molecule has 11 heteroatoms. The highest BCUT2D eigenvalue weighted by atomic mass is 32.2. The zero-order valence-electron chi connectivity index (χ0n) is 14.2. The normalized spacial score (nSPS) is 24.0. The van der Waals surface area contributed by atoms with Gasteiger partial charge >= 0.3 is 6.01 Å². The Bertz CT molecular complexity index is 927. The molecule has 2 heterocycles. The van der Waals surface area contributed by atoms with Crippen LogP contribution in [0.4, 0.5) is 8.78 Å². The summed E-state index contributed by atoms with van der Waals surface area (Å²) in [5.41, 5.74) is -0.566. The van der Waals surface area contributed by atoms with Crippen molar-refractivity contribution in [3.8, 4) is 17.5 Å². The van der Waals surface area contributed by atoms with Gasteiger partial charge in [-0.3, -0.25) is 0 Å². The lowest BCUT2D eigenvalue weighted by atomic mass is 9.91. The molecule has 1 saturated carbocycles. The van der Waals surface area contributed by atoms with Crippen molar-refractivity contribution in [2.45, 2.75) is 18.8 Å². The van der Waals surface area contributed by atoms with Crippen molar-refractivity contribution >= 4 is 10.2 Å². The van der Waals surface area contributed by atoms with Gasteiger partial charge in [-0.15, -0.1) is 0 Å². The second-order valence-corrected chi connectivity index (χ2v) is 8.38. The third-order valence-corrected chi connectivity index (χ3v) is 6.55. The van der Waals surface area contributed by atoms with Crippen LogP contribution in [0.5, 0.6) is 6.01 Å². The summed E-state index contributed by atoms with van der Waals surface area (Å²) >= 11 is 0. The fraction of sp³-hybridized carbons (Fsp3) is 0.500. The van der Waals surface area contributed by atoms with E-state index in [0.717, 1.165) is 4.31 Å². The number of hydrogen-bond donors (Lipinski definition) is 1. The highest BCUT2D eigenvalue weighted by Gasteiger charge is 2.80. The molecule has 1 atom stereocenters. The largest absolute Gasteiger partial charge is 0.461 e. The second-order valence-electron chi connectivity index (χ2n) is 6.83. The Morgan fingerprint density at radius 2 is 1.93 bits per heavy atom. The minimum Gasteiger partial charge on any atom is -0.461 e. The van der Waals surface area contributed by atoms with Crippen molar-refractivity contribution in [1.29, 1.82) is 0 Å². The van der Waals surface area contributed by atoms with Crippen LogP contribution in [0.1, 0.15) is 12.8 Å². The number of nitrogens with zero attached hydrogens (tertiary/aromatic N) is 3. The summed E-state index contributed by atoms with van der Waals surface area (Å²) in [5.74, 6) is -3.71. The standard InChI is InChI=1S/C16H18F2N4O4S/c17-16(18)12(15(16)6-8-22(9-7-15)27(19,23)24)10-25-14-20-13(26-21-14)11-4-2-1-3-5-11/h1-5,12H,6-10H2,(H2,19,23,24). The zero-order chi connectivity index (χ0) is 19.3. The van der Waals surface area contributed by atoms with Gasteiger partial charge in [-0.2, -0.15) is 17.7 Å². The fourth-order valence-electron chi connectivity index (χ4n) is 3.80. The van der Waals surface area contributed by atoms with E-state index in [1.165, 1.54) is 0 Å². The van der Waals surface area contributed by atoms with Crippen LogP contribution in [0, 0.1) is 11.3 Å². The smallest absolute Gasteiger partial charge is 0.354 e. The van der Waals surface area contributed by atoms with Gasteiger partial charge in [0.2, 0.25) is 0 Å². The van der Waals surface area contributed by atoms with Gasteiger partial charge in [-0.1, -0.05) is 18.2 Å². The molecule has 1 aromatic heterocycles. The van der Waals surface area contributed by atoms with Crippen molar-refractivity contribution in [2.75, 3.05) is 19.7 Å². The van der Waals surface area contributed by atoms with Crippen LogP contribution >= 0.6 is 0 Å². The maximum atomic E-state index is 14.4. The summed E-state index contributed by atoms with van der Waals surface area (Å²) < 4.78 is 62.9. The van der Waals surface area contributed by atoms with Gasteiger partial charge in [0.05, 0.1) is 5.92 Å². The van der Waals surface area contributed by atoms with E-state index in [1.54, 1.807) is 12.1 Å². The summed E-state index contributed by atoms with van der Waals surface area (Å²) in [6, 6.07) is 8.91. The predicted molar refractivity (Wildman–Crippen MR) is 90.0 cm³/mol. The van der Waals surface area contributed by atoms with E-state index >= 15 is 0 Å². The molecule has 1 aliphatic carbocycles. The first-order valence-corrected chi connectivity index (χ1v) is 9.92. The fourth-order valence-corrected chi connectivity index (χ4v) is 4.49. The van der Waals surface area contributed by atoms with Gasteiger partial charge in [-0.05, 0) is 30.1 Å². The molecule has 0 bridgehead atoms. The lowest BCUT2D eigenvalue weighted by molar-refractivity contribution is 0.0367. The van der Waals surface area contributed by atoms with E-state index in [2.05, 4.69) is 10.1 Å². The highest BCUT2D eigenvalue weighted by molar-refractivity contribution is 7.86. The van der Waals surface area contributed by atoms with Crippen molar-refractivity contribution < 1.29 is 26.5 Å². The van der Waals surface area contributed by atoms with Crippen LogP contribution in [0.15, 0.2) is 34.9 Å². The summed E-state index contributed by atoms with van der Waals surface area (Å²) in [4.78, 5) is 4.06. The molecule has 1 spiro atoms.